The van der Waals surface area contributed by atoms with E-state index in [1.165, 1.54) is 12.1 Å². The molecule has 1 rings (SSSR count). The zero-order valence-electron chi connectivity index (χ0n) is 8.63. The highest BCUT2D eigenvalue weighted by Crippen LogP contribution is 2.15. The first-order valence-corrected chi connectivity index (χ1v) is 4.71. The van der Waals surface area contributed by atoms with E-state index in [0.29, 0.717) is 0 Å². The largest absolute Gasteiger partial charge is 0.464 e. The molecule has 0 amide bonds. The quantitative estimate of drug-likeness (QED) is 0.568. The van der Waals surface area contributed by atoms with Crippen molar-refractivity contribution in [2.75, 3.05) is 6.61 Å². The minimum atomic E-state index is -1.77. The molecule has 1 aromatic rings. The number of aromatic nitrogens is 1. The molecule has 0 aliphatic heterocycles. The molecule has 2 unspecified atom stereocenters. The number of hydrogen-bond acceptors (Lipinski definition) is 5. The van der Waals surface area contributed by atoms with E-state index in [9.17, 15) is 19.4 Å². The fraction of sp³-hybridized carbons (Fsp3) is 0.400. The average molecular weight is 229 g/mol. The second kappa shape index (κ2) is 5.53. The van der Waals surface area contributed by atoms with Crippen molar-refractivity contribution in [3.63, 3.8) is 0 Å². The molecule has 0 saturated heterocycles. The van der Waals surface area contributed by atoms with Crippen LogP contribution in [0.3, 0.4) is 0 Å². The Bertz CT molecular complexity index is 372. The molecule has 0 aliphatic carbocycles. The van der Waals surface area contributed by atoms with Crippen LogP contribution in [0.15, 0.2) is 18.2 Å². The van der Waals surface area contributed by atoms with Gasteiger partial charge in [0.2, 0.25) is 5.95 Å². The third-order valence-electron chi connectivity index (χ3n) is 1.87. The molecule has 6 heteroatoms. The first kappa shape index (κ1) is 12.5. The van der Waals surface area contributed by atoms with E-state index in [1.54, 1.807) is 6.92 Å². The number of pyridine rings is 1. The number of nitrogens with zero attached hydrogens (tertiary/aromatic N) is 1. The van der Waals surface area contributed by atoms with E-state index in [4.69, 9.17) is 0 Å². The third-order valence-corrected chi connectivity index (χ3v) is 1.87. The topological polar surface area (TPSA) is 79.7 Å². The van der Waals surface area contributed by atoms with E-state index in [1.807, 2.05) is 0 Å². The second-order valence-corrected chi connectivity index (χ2v) is 3.03. The van der Waals surface area contributed by atoms with Gasteiger partial charge in [0.1, 0.15) is 6.10 Å². The van der Waals surface area contributed by atoms with Gasteiger partial charge in [-0.05, 0) is 19.1 Å². The van der Waals surface area contributed by atoms with Crippen LogP contribution in [-0.4, -0.2) is 33.9 Å². The van der Waals surface area contributed by atoms with Gasteiger partial charge in [0.05, 0.1) is 12.3 Å². The normalized spacial score (nSPS) is 14.2. The molecule has 88 valence electrons. The molecule has 5 nitrogen and oxygen atoms in total. The van der Waals surface area contributed by atoms with Crippen LogP contribution in [0.5, 0.6) is 0 Å². The molecule has 0 fully saturated rings. The molecule has 0 aromatic carbocycles. The maximum Gasteiger partial charge on any atom is 0.338 e. The third kappa shape index (κ3) is 2.98. The summed E-state index contributed by atoms with van der Waals surface area (Å²) in [6, 6.07) is 3.71. The Kier molecular flexibility index (Phi) is 4.33. The molecule has 2 N–H and O–H groups in total. The lowest BCUT2D eigenvalue weighted by Gasteiger charge is -2.15. The number of rotatable bonds is 4. The minimum absolute atomic E-state index is 0.0825. The van der Waals surface area contributed by atoms with Crippen molar-refractivity contribution in [3.8, 4) is 0 Å². The highest BCUT2D eigenvalue weighted by molar-refractivity contribution is 5.75. The number of carbonyl (C=O) groups excluding carboxylic acids is 1. The number of halogens is 1. The van der Waals surface area contributed by atoms with Crippen LogP contribution in [0.4, 0.5) is 4.39 Å². The van der Waals surface area contributed by atoms with E-state index in [0.717, 1.165) is 6.07 Å². The van der Waals surface area contributed by atoms with Crippen molar-refractivity contribution >= 4 is 5.97 Å². The molecule has 0 aliphatic rings. The monoisotopic (exact) mass is 229 g/mol. The number of carbonyl (C=O) groups is 1. The lowest BCUT2D eigenvalue weighted by Crippen LogP contribution is -2.30. The van der Waals surface area contributed by atoms with Gasteiger partial charge >= 0.3 is 5.97 Å². The predicted octanol–water partition coefficient (Wildman–Crippen LogP) is 0.178. The number of aliphatic hydroxyl groups excluding tert-OH is 2. The Morgan fingerprint density at radius 1 is 1.56 bits per heavy atom. The van der Waals surface area contributed by atoms with Gasteiger partial charge in [-0.2, -0.15) is 4.39 Å². The van der Waals surface area contributed by atoms with Crippen molar-refractivity contribution in [1.82, 2.24) is 4.98 Å². The average Bonchev–Trinajstić information content (AvgIpc) is 2.27. The Morgan fingerprint density at radius 3 is 2.81 bits per heavy atom. The Morgan fingerprint density at radius 2 is 2.25 bits per heavy atom. The van der Waals surface area contributed by atoms with Gasteiger partial charge in [-0.1, -0.05) is 6.07 Å². The summed E-state index contributed by atoms with van der Waals surface area (Å²) in [7, 11) is 0. The summed E-state index contributed by atoms with van der Waals surface area (Å²) in [6.45, 7) is 1.65. The number of ether oxygens (including phenoxy) is 1. The highest BCUT2D eigenvalue weighted by Gasteiger charge is 2.28. The first-order valence-electron chi connectivity index (χ1n) is 4.71. The van der Waals surface area contributed by atoms with E-state index < -0.39 is 24.1 Å². The predicted molar refractivity (Wildman–Crippen MR) is 51.8 cm³/mol. The maximum absolute atomic E-state index is 12.7. The van der Waals surface area contributed by atoms with Crippen molar-refractivity contribution in [2.24, 2.45) is 0 Å². The van der Waals surface area contributed by atoms with E-state index >= 15 is 0 Å². The van der Waals surface area contributed by atoms with Crippen molar-refractivity contribution in [2.45, 2.75) is 19.1 Å². The minimum Gasteiger partial charge on any atom is -0.464 e. The van der Waals surface area contributed by atoms with Gasteiger partial charge in [-0.3, -0.25) is 0 Å². The lowest BCUT2D eigenvalue weighted by atomic mass is 10.1. The summed E-state index contributed by atoms with van der Waals surface area (Å²) in [5, 5.41) is 18.9. The molecular weight excluding hydrogens is 217 g/mol. The summed E-state index contributed by atoms with van der Waals surface area (Å²) in [6.07, 6.45) is -3.37. The van der Waals surface area contributed by atoms with Crippen LogP contribution in [-0.2, 0) is 9.53 Å². The highest BCUT2D eigenvalue weighted by atomic mass is 19.1. The molecule has 1 heterocycles. The zero-order chi connectivity index (χ0) is 12.1. The summed E-state index contributed by atoms with van der Waals surface area (Å²) in [4.78, 5) is 14.4. The second-order valence-electron chi connectivity index (χ2n) is 3.03. The van der Waals surface area contributed by atoms with Crippen LogP contribution >= 0.6 is 0 Å². The zero-order valence-corrected chi connectivity index (χ0v) is 8.63. The Labute approximate surface area is 91.5 Å². The lowest BCUT2D eigenvalue weighted by molar-refractivity contribution is -0.159. The number of hydrogen-bond donors (Lipinski definition) is 2. The van der Waals surface area contributed by atoms with Gasteiger partial charge in [-0.25, -0.2) is 9.78 Å². The van der Waals surface area contributed by atoms with Crippen LogP contribution < -0.4 is 0 Å². The van der Waals surface area contributed by atoms with Gasteiger partial charge in [0.15, 0.2) is 6.10 Å². The summed E-state index contributed by atoms with van der Waals surface area (Å²) in [5.74, 6) is -1.77. The van der Waals surface area contributed by atoms with Gasteiger partial charge < -0.3 is 14.9 Å². The SMILES string of the molecule is CCOC(=O)C(O)C(O)c1cccc(F)n1. The Hall–Kier alpha value is -1.53. The van der Waals surface area contributed by atoms with Crippen LogP contribution in [0, 0.1) is 5.95 Å². The molecule has 1 aromatic heterocycles. The summed E-state index contributed by atoms with van der Waals surface area (Å²) < 4.78 is 17.2. The molecule has 0 radical (unpaired) electrons. The maximum atomic E-state index is 12.7. The van der Waals surface area contributed by atoms with Gasteiger partial charge in [0.25, 0.3) is 0 Å². The fourth-order valence-corrected chi connectivity index (χ4v) is 1.11. The van der Waals surface area contributed by atoms with Gasteiger partial charge in [0, 0.05) is 0 Å². The molecule has 0 saturated carbocycles. The smallest absolute Gasteiger partial charge is 0.338 e. The Balaban J connectivity index is 2.77. The molecular formula is C10H12FNO4. The fourth-order valence-electron chi connectivity index (χ4n) is 1.11. The van der Waals surface area contributed by atoms with Crippen LogP contribution in [0.25, 0.3) is 0 Å². The molecule has 2 atom stereocenters. The summed E-state index contributed by atoms with van der Waals surface area (Å²) in [5.41, 5.74) is -0.124. The van der Waals surface area contributed by atoms with Crippen LogP contribution in [0.2, 0.25) is 0 Å². The molecule has 0 spiro atoms. The van der Waals surface area contributed by atoms with Crippen molar-refractivity contribution in [3.05, 3.63) is 29.8 Å². The van der Waals surface area contributed by atoms with E-state index in [2.05, 4.69) is 9.72 Å². The van der Waals surface area contributed by atoms with Crippen molar-refractivity contribution in [1.29, 1.82) is 0 Å². The first-order chi connectivity index (χ1) is 7.56. The molecule has 0 bridgehead atoms. The number of aliphatic hydroxyl groups is 2. The van der Waals surface area contributed by atoms with Crippen LogP contribution in [0.1, 0.15) is 18.7 Å². The van der Waals surface area contributed by atoms with E-state index in [-0.39, 0.29) is 12.3 Å². The molecule has 16 heavy (non-hydrogen) atoms. The number of esters is 1. The van der Waals surface area contributed by atoms with Crippen molar-refractivity contribution < 1.29 is 24.1 Å². The van der Waals surface area contributed by atoms with Gasteiger partial charge in [-0.15, -0.1) is 0 Å². The summed E-state index contributed by atoms with van der Waals surface area (Å²) >= 11 is 0. The standard InChI is InChI=1S/C10H12FNO4/c1-2-16-10(15)9(14)8(13)6-4-3-5-7(11)12-6/h3-5,8-9,13-14H,2H2,1H3.